The van der Waals surface area contributed by atoms with Gasteiger partial charge in [0.05, 0.1) is 11.1 Å². The number of rotatable bonds is 9. The number of tetrazole rings is 1. The van der Waals surface area contributed by atoms with Crippen molar-refractivity contribution in [1.29, 1.82) is 0 Å². The Bertz CT molecular complexity index is 1410. The monoisotopic (exact) mass is 497 g/mol. The number of hydrogen-bond acceptors (Lipinski definition) is 4. The molecule has 4 aromatic rings. The van der Waals surface area contributed by atoms with Gasteiger partial charge in [0, 0.05) is 23.7 Å². The number of fused-ring (bicyclic) bond motifs is 1. The lowest BCUT2D eigenvalue weighted by Gasteiger charge is -2.26. The Labute approximate surface area is 217 Å². The van der Waals surface area contributed by atoms with E-state index in [0.29, 0.717) is 17.3 Å². The molecule has 0 amide bonds. The molecular weight excluding hydrogens is 462 g/mol. The third kappa shape index (κ3) is 5.22. The molecule has 0 spiro atoms. The number of para-hydroxylation sites is 1. The van der Waals surface area contributed by atoms with Crippen LogP contribution in [-0.2, 0) is 6.54 Å². The Morgan fingerprint density at radius 3 is 2.70 bits per heavy atom. The number of nitrogens with zero attached hydrogens (tertiary/aromatic N) is 4. The Balaban J connectivity index is 1.68. The number of carbonyl (C=O) groups is 1. The summed E-state index contributed by atoms with van der Waals surface area (Å²) in [6.45, 7) is 5.18. The summed E-state index contributed by atoms with van der Waals surface area (Å²) in [5.41, 5.74) is 7.14. The standard InChI is InChI=1S/C30H35N5O2/c1-3-4-8-16-35-19-27(29-31-33-34-32-29)25-13-9-12-22(28(25)35)18-26(21-10-6-5-7-11-21)24-15-14-23(30(36)37)17-20(24)2/h9,12-15,17-19,21H,3-8,10-11,16H2,1-2H3,(H,36,37)(H,31,32,33,34)/b26-18+. The number of allylic oxidation sites excluding steroid dienone is 1. The molecule has 192 valence electrons. The van der Waals surface area contributed by atoms with Gasteiger partial charge in [-0.05, 0) is 77.8 Å². The van der Waals surface area contributed by atoms with Crippen molar-refractivity contribution < 1.29 is 9.90 Å². The van der Waals surface area contributed by atoms with E-state index in [4.69, 9.17) is 0 Å². The summed E-state index contributed by atoms with van der Waals surface area (Å²) in [7, 11) is 0. The number of nitrogens with one attached hydrogen (secondary N) is 1. The summed E-state index contributed by atoms with van der Waals surface area (Å²) in [6.07, 6.45) is 14.0. The average molecular weight is 498 g/mol. The van der Waals surface area contributed by atoms with Crippen LogP contribution in [0, 0.1) is 12.8 Å². The number of aromatic carboxylic acids is 1. The molecule has 0 atom stereocenters. The van der Waals surface area contributed by atoms with E-state index in [0.717, 1.165) is 47.9 Å². The van der Waals surface area contributed by atoms with Crippen LogP contribution >= 0.6 is 0 Å². The van der Waals surface area contributed by atoms with Crippen molar-refractivity contribution in [3.63, 3.8) is 0 Å². The number of aromatic amines is 1. The number of hydrogen-bond donors (Lipinski definition) is 2. The molecule has 7 nitrogen and oxygen atoms in total. The van der Waals surface area contributed by atoms with Gasteiger partial charge in [-0.15, -0.1) is 10.2 Å². The van der Waals surface area contributed by atoms with Gasteiger partial charge in [-0.1, -0.05) is 63.3 Å². The van der Waals surface area contributed by atoms with Crippen molar-refractivity contribution in [2.45, 2.75) is 71.8 Å². The lowest BCUT2D eigenvalue weighted by molar-refractivity contribution is 0.0696. The third-order valence-electron chi connectivity index (χ3n) is 7.66. The molecule has 2 N–H and O–H groups in total. The molecule has 1 aliphatic rings. The van der Waals surface area contributed by atoms with E-state index in [1.165, 1.54) is 48.8 Å². The van der Waals surface area contributed by atoms with Crippen molar-refractivity contribution in [2.24, 2.45) is 5.92 Å². The second-order valence-electron chi connectivity index (χ2n) is 10.2. The molecule has 1 saturated carbocycles. The van der Waals surface area contributed by atoms with E-state index in [9.17, 15) is 9.90 Å². The van der Waals surface area contributed by atoms with Crippen LogP contribution in [0.5, 0.6) is 0 Å². The fourth-order valence-corrected chi connectivity index (χ4v) is 5.79. The van der Waals surface area contributed by atoms with Gasteiger partial charge in [-0.3, -0.25) is 0 Å². The van der Waals surface area contributed by atoms with E-state index in [2.05, 4.69) is 62.6 Å². The highest BCUT2D eigenvalue weighted by molar-refractivity contribution is 6.01. The molecule has 5 rings (SSSR count). The lowest BCUT2D eigenvalue weighted by Crippen LogP contribution is -2.10. The fourth-order valence-electron chi connectivity index (χ4n) is 5.79. The van der Waals surface area contributed by atoms with Gasteiger partial charge in [-0.2, -0.15) is 5.21 Å². The maximum absolute atomic E-state index is 11.6. The van der Waals surface area contributed by atoms with E-state index in [1.807, 2.05) is 13.0 Å². The number of H-pyrrole nitrogens is 1. The van der Waals surface area contributed by atoms with Gasteiger partial charge in [0.25, 0.3) is 0 Å². The Morgan fingerprint density at radius 2 is 2.00 bits per heavy atom. The predicted molar refractivity (Wildman–Crippen MR) is 147 cm³/mol. The minimum Gasteiger partial charge on any atom is -0.478 e. The molecule has 0 saturated heterocycles. The third-order valence-corrected chi connectivity index (χ3v) is 7.66. The number of carboxylic acids is 1. The summed E-state index contributed by atoms with van der Waals surface area (Å²) in [6, 6.07) is 12.0. The smallest absolute Gasteiger partial charge is 0.335 e. The molecule has 2 aromatic heterocycles. The van der Waals surface area contributed by atoms with Crippen LogP contribution in [0.1, 0.15) is 85.3 Å². The molecule has 1 aliphatic carbocycles. The Morgan fingerprint density at radius 1 is 1.16 bits per heavy atom. The van der Waals surface area contributed by atoms with E-state index < -0.39 is 5.97 Å². The first-order chi connectivity index (χ1) is 18.1. The maximum Gasteiger partial charge on any atom is 0.335 e. The molecule has 2 aromatic carbocycles. The molecule has 0 unspecified atom stereocenters. The van der Waals surface area contributed by atoms with E-state index in [1.54, 1.807) is 12.1 Å². The number of unbranched alkanes of at least 4 members (excludes halogenated alkanes) is 2. The van der Waals surface area contributed by atoms with Gasteiger partial charge in [-0.25, -0.2) is 4.79 Å². The summed E-state index contributed by atoms with van der Waals surface area (Å²) < 4.78 is 2.35. The maximum atomic E-state index is 11.6. The number of aryl methyl sites for hydroxylation is 2. The predicted octanol–water partition coefficient (Wildman–Crippen LogP) is 7.14. The topological polar surface area (TPSA) is 96.7 Å². The minimum absolute atomic E-state index is 0.334. The van der Waals surface area contributed by atoms with Crippen LogP contribution in [0.3, 0.4) is 0 Å². The Kier molecular flexibility index (Phi) is 7.49. The average Bonchev–Trinajstić information content (AvgIpc) is 3.57. The van der Waals surface area contributed by atoms with Crippen molar-refractivity contribution in [2.75, 3.05) is 0 Å². The van der Waals surface area contributed by atoms with Crippen LogP contribution in [0.2, 0.25) is 0 Å². The van der Waals surface area contributed by atoms with Crippen LogP contribution in [0.4, 0.5) is 0 Å². The zero-order chi connectivity index (χ0) is 25.8. The molecular formula is C30H35N5O2. The van der Waals surface area contributed by atoms with Gasteiger partial charge in [0.2, 0.25) is 5.82 Å². The quantitative estimate of drug-likeness (QED) is 0.189. The largest absolute Gasteiger partial charge is 0.478 e. The zero-order valence-corrected chi connectivity index (χ0v) is 21.7. The van der Waals surface area contributed by atoms with Crippen molar-refractivity contribution in [3.8, 4) is 11.4 Å². The first-order valence-electron chi connectivity index (χ1n) is 13.5. The van der Waals surface area contributed by atoms with E-state index >= 15 is 0 Å². The van der Waals surface area contributed by atoms with Crippen molar-refractivity contribution in [1.82, 2.24) is 25.2 Å². The van der Waals surface area contributed by atoms with Crippen LogP contribution < -0.4 is 0 Å². The van der Waals surface area contributed by atoms with Crippen LogP contribution in [0.25, 0.3) is 33.9 Å². The normalized spacial score (nSPS) is 14.9. The summed E-state index contributed by atoms with van der Waals surface area (Å²) in [4.78, 5) is 11.6. The number of aromatic nitrogens is 5. The van der Waals surface area contributed by atoms with Crippen LogP contribution in [0.15, 0.2) is 42.6 Å². The van der Waals surface area contributed by atoms with Gasteiger partial charge < -0.3 is 9.67 Å². The highest BCUT2D eigenvalue weighted by Crippen LogP contribution is 2.40. The second kappa shape index (κ2) is 11.1. The van der Waals surface area contributed by atoms with Crippen molar-refractivity contribution in [3.05, 3.63) is 64.8 Å². The number of carboxylic acid groups (broad SMARTS) is 1. The van der Waals surface area contributed by atoms with Gasteiger partial charge in [0.1, 0.15) is 0 Å². The lowest BCUT2D eigenvalue weighted by atomic mass is 9.79. The first-order valence-corrected chi connectivity index (χ1v) is 13.5. The van der Waals surface area contributed by atoms with Crippen LogP contribution in [-0.4, -0.2) is 36.3 Å². The molecule has 7 heteroatoms. The highest BCUT2D eigenvalue weighted by atomic mass is 16.4. The van der Waals surface area contributed by atoms with Crippen molar-refractivity contribution >= 4 is 28.5 Å². The summed E-state index contributed by atoms with van der Waals surface area (Å²) in [5.74, 6) is 0.174. The molecule has 1 fully saturated rings. The Hall–Kier alpha value is -3.74. The van der Waals surface area contributed by atoms with Gasteiger partial charge >= 0.3 is 5.97 Å². The SMILES string of the molecule is CCCCCn1cc(-c2nn[nH]n2)c2cccc(/C=C(/c3ccc(C(=O)O)cc3C)C3CCCCC3)c21. The molecule has 2 heterocycles. The molecule has 0 radical (unpaired) electrons. The first kappa shape index (κ1) is 24.9. The molecule has 0 bridgehead atoms. The fraction of sp³-hybridized carbons (Fsp3) is 0.400. The zero-order valence-electron chi connectivity index (χ0n) is 21.7. The van der Waals surface area contributed by atoms with E-state index in [-0.39, 0.29) is 0 Å². The number of benzene rings is 2. The molecule has 37 heavy (non-hydrogen) atoms. The summed E-state index contributed by atoms with van der Waals surface area (Å²) >= 11 is 0. The van der Waals surface area contributed by atoms with Gasteiger partial charge in [0.15, 0.2) is 0 Å². The minimum atomic E-state index is -0.887. The highest BCUT2D eigenvalue weighted by Gasteiger charge is 2.22. The second-order valence-corrected chi connectivity index (χ2v) is 10.2. The molecule has 0 aliphatic heterocycles. The summed E-state index contributed by atoms with van der Waals surface area (Å²) in [5, 5.41) is 25.5.